The van der Waals surface area contributed by atoms with Gasteiger partial charge in [0.2, 0.25) is 6.29 Å². The number of rotatable bonds is 8. The van der Waals surface area contributed by atoms with E-state index in [1.807, 2.05) is 0 Å². The van der Waals surface area contributed by atoms with Crippen molar-refractivity contribution in [3.63, 3.8) is 0 Å². The highest BCUT2D eigenvalue weighted by Gasteiger charge is 2.23. The van der Waals surface area contributed by atoms with Crippen LogP contribution in [0.1, 0.15) is 30.6 Å². The zero-order valence-electron chi connectivity index (χ0n) is 11.3. The van der Waals surface area contributed by atoms with Gasteiger partial charge in [-0.15, -0.1) is 0 Å². The van der Waals surface area contributed by atoms with E-state index in [-0.39, 0.29) is 18.8 Å². The molecule has 0 heterocycles. The molecule has 0 unspecified atom stereocenters. The molecule has 1 aromatic carbocycles. The van der Waals surface area contributed by atoms with Gasteiger partial charge < -0.3 is 9.47 Å². The number of hydrogen-bond donors (Lipinski definition) is 0. The van der Waals surface area contributed by atoms with Crippen LogP contribution in [0.4, 0.5) is 4.39 Å². The summed E-state index contributed by atoms with van der Waals surface area (Å²) >= 11 is 3.10. The third-order valence-corrected chi connectivity index (χ3v) is 2.96. The molecule has 4 nitrogen and oxygen atoms in total. The number of carbonyl (C=O) groups excluding carboxylic acids is 2. The van der Waals surface area contributed by atoms with Gasteiger partial charge >= 0.3 is 0 Å². The smallest absolute Gasteiger partial charge is 0.218 e. The lowest BCUT2D eigenvalue weighted by Crippen LogP contribution is -2.29. The van der Waals surface area contributed by atoms with Crippen molar-refractivity contribution in [3.05, 3.63) is 34.1 Å². The van der Waals surface area contributed by atoms with Gasteiger partial charge in [0.15, 0.2) is 11.6 Å². The number of benzene rings is 1. The van der Waals surface area contributed by atoms with Gasteiger partial charge in [-0.3, -0.25) is 9.59 Å². The number of Topliss-reactive ketones (excluding diaryl/α,β-unsaturated/α-hetero) is 2. The minimum atomic E-state index is -1.08. The summed E-state index contributed by atoms with van der Waals surface area (Å²) in [4.78, 5) is 23.8. The predicted octanol–water partition coefficient (Wildman–Crippen LogP) is 3.13. The monoisotopic (exact) mass is 346 g/mol. The van der Waals surface area contributed by atoms with Crippen LogP contribution < -0.4 is 0 Å². The first-order valence-corrected chi connectivity index (χ1v) is 7.03. The molecule has 0 aliphatic heterocycles. The van der Waals surface area contributed by atoms with Crippen molar-refractivity contribution in [2.24, 2.45) is 0 Å². The molecule has 0 radical (unpaired) electrons. The molecular formula is C14H16BrFO4. The van der Waals surface area contributed by atoms with Gasteiger partial charge in [-0.1, -0.05) is 15.9 Å². The summed E-state index contributed by atoms with van der Waals surface area (Å²) in [7, 11) is 0. The first-order valence-electron chi connectivity index (χ1n) is 6.23. The van der Waals surface area contributed by atoms with Crippen LogP contribution in [0, 0.1) is 5.82 Å². The maximum Gasteiger partial charge on any atom is 0.218 e. The summed E-state index contributed by atoms with van der Waals surface area (Å²) in [5, 5.41) is 0. The fourth-order valence-electron chi connectivity index (χ4n) is 1.59. The lowest BCUT2D eigenvalue weighted by molar-refractivity contribution is -0.166. The molecule has 0 spiro atoms. The molecule has 0 saturated carbocycles. The molecule has 0 fully saturated rings. The van der Waals surface area contributed by atoms with Crippen molar-refractivity contribution < 1.29 is 23.5 Å². The van der Waals surface area contributed by atoms with Crippen LogP contribution >= 0.6 is 15.9 Å². The van der Waals surface area contributed by atoms with E-state index < -0.39 is 30.1 Å². The van der Waals surface area contributed by atoms with Gasteiger partial charge in [-0.05, 0) is 32.0 Å². The zero-order valence-corrected chi connectivity index (χ0v) is 12.9. The van der Waals surface area contributed by atoms with Gasteiger partial charge in [-0.2, -0.15) is 0 Å². The first-order chi connectivity index (χ1) is 9.49. The van der Waals surface area contributed by atoms with E-state index >= 15 is 0 Å². The summed E-state index contributed by atoms with van der Waals surface area (Å²) in [5.41, 5.74) is -0.117. The second-order valence-electron chi connectivity index (χ2n) is 3.93. The number of ether oxygens (including phenoxy) is 2. The van der Waals surface area contributed by atoms with Crippen LogP contribution in [0.2, 0.25) is 0 Å². The third-order valence-electron chi connectivity index (χ3n) is 2.47. The molecule has 0 aromatic heterocycles. The predicted molar refractivity (Wildman–Crippen MR) is 75.1 cm³/mol. The summed E-state index contributed by atoms with van der Waals surface area (Å²) in [6.45, 7) is 4.01. The molecule has 0 N–H and O–H groups in total. The third kappa shape index (κ3) is 4.77. The molecule has 0 bridgehead atoms. The molecule has 0 amide bonds. The molecule has 20 heavy (non-hydrogen) atoms. The molecule has 0 saturated heterocycles. The Bertz CT molecular complexity index is 484. The number of carbonyl (C=O) groups is 2. The Balaban J connectivity index is 2.75. The molecular weight excluding hydrogens is 331 g/mol. The SMILES string of the molecule is CCOC(OCC)C(=O)CC(=O)c1ccc(Br)cc1F. The zero-order chi connectivity index (χ0) is 15.1. The van der Waals surface area contributed by atoms with Gasteiger partial charge in [-0.25, -0.2) is 4.39 Å². The Kier molecular flexibility index (Phi) is 6.98. The molecule has 1 aromatic rings. The van der Waals surface area contributed by atoms with Gasteiger partial charge in [0, 0.05) is 17.7 Å². The highest BCUT2D eigenvalue weighted by Crippen LogP contribution is 2.17. The lowest BCUT2D eigenvalue weighted by Gasteiger charge is -2.15. The molecule has 0 aliphatic carbocycles. The Hall–Kier alpha value is -1.11. The largest absolute Gasteiger partial charge is 0.346 e. The minimum absolute atomic E-state index is 0.117. The maximum absolute atomic E-state index is 13.6. The fourth-order valence-corrected chi connectivity index (χ4v) is 1.92. The lowest BCUT2D eigenvalue weighted by atomic mass is 10.1. The fraction of sp³-hybridized carbons (Fsp3) is 0.429. The molecule has 110 valence electrons. The maximum atomic E-state index is 13.6. The van der Waals surface area contributed by atoms with Crippen molar-refractivity contribution in [2.45, 2.75) is 26.6 Å². The van der Waals surface area contributed by atoms with E-state index in [1.54, 1.807) is 19.9 Å². The van der Waals surface area contributed by atoms with Crippen molar-refractivity contribution in [3.8, 4) is 0 Å². The summed E-state index contributed by atoms with van der Waals surface area (Å²) in [6, 6.07) is 4.06. The average molecular weight is 347 g/mol. The summed E-state index contributed by atoms with van der Waals surface area (Å²) in [6.07, 6.45) is -1.53. The van der Waals surface area contributed by atoms with Crippen molar-refractivity contribution in [1.82, 2.24) is 0 Å². The van der Waals surface area contributed by atoms with Crippen molar-refractivity contribution in [2.75, 3.05) is 13.2 Å². The van der Waals surface area contributed by atoms with E-state index in [0.717, 1.165) is 0 Å². The van der Waals surface area contributed by atoms with Crippen LogP contribution in [0.15, 0.2) is 22.7 Å². The van der Waals surface area contributed by atoms with Crippen LogP contribution in [-0.2, 0) is 14.3 Å². The Labute approximate surface area is 125 Å². The van der Waals surface area contributed by atoms with Gasteiger partial charge in [0.1, 0.15) is 5.82 Å². The number of halogens is 2. The van der Waals surface area contributed by atoms with Gasteiger partial charge in [0.05, 0.1) is 12.0 Å². The van der Waals surface area contributed by atoms with Gasteiger partial charge in [0.25, 0.3) is 0 Å². The van der Waals surface area contributed by atoms with E-state index in [1.165, 1.54) is 12.1 Å². The van der Waals surface area contributed by atoms with Crippen LogP contribution in [0.3, 0.4) is 0 Å². The summed E-state index contributed by atoms with van der Waals surface area (Å²) < 4.78 is 24.4. The second kappa shape index (κ2) is 8.24. The number of ketones is 2. The van der Waals surface area contributed by atoms with E-state index in [0.29, 0.717) is 4.47 Å². The quantitative estimate of drug-likeness (QED) is 0.412. The van der Waals surface area contributed by atoms with Crippen LogP contribution in [-0.4, -0.2) is 31.1 Å². The van der Waals surface area contributed by atoms with Crippen molar-refractivity contribution >= 4 is 27.5 Å². The molecule has 1 rings (SSSR count). The highest BCUT2D eigenvalue weighted by molar-refractivity contribution is 9.10. The second-order valence-corrected chi connectivity index (χ2v) is 4.85. The molecule has 6 heteroatoms. The van der Waals surface area contributed by atoms with E-state index in [2.05, 4.69) is 15.9 Å². The topological polar surface area (TPSA) is 52.6 Å². The van der Waals surface area contributed by atoms with E-state index in [9.17, 15) is 14.0 Å². The minimum Gasteiger partial charge on any atom is -0.346 e. The normalized spacial score (nSPS) is 10.8. The van der Waals surface area contributed by atoms with E-state index in [4.69, 9.17) is 9.47 Å². The summed E-state index contributed by atoms with van der Waals surface area (Å²) in [5.74, 6) is -1.77. The molecule has 0 aliphatic rings. The van der Waals surface area contributed by atoms with Crippen LogP contribution in [0.25, 0.3) is 0 Å². The first kappa shape index (κ1) is 16.9. The number of hydrogen-bond acceptors (Lipinski definition) is 4. The Morgan fingerprint density at radius 3 is 2.35 bits per heavy atom. The van der Waals surface area contributed by atoms with Crippen molar-refractivity contribution in [1.29, 1.82) is 0 Å². The average Bonchev–Trinajstić information content (AvgIpc) is 2.38. The Morgan fingerprint density at radius 1 is 1.25 bits per heavy atom. The highest BCUT2D eigenvalue weighted by atomic mass is 79.9. The Morgan fingerprint density at radius 2 is 1.85 bits per heavy atom. The molecule has 0 atom stereocenters. The van der Waals surface area contributed by atoms with Crippen LogP contribution in [0.5, 0.6) is 0 Å². The standard InChI is InChI=1S/C14H16BrFO4/c1-3-19-14(20-4-2)13(18)8-12(17)10-6-5-9(15)7-11(10)16/h5-7,14H,3-4,8H2,1-2H3.